The average molecular weight is 323 g/mol. The molecule has 0 radical (unpaired) electrons. The van der Waals surface area contributed by atoms with E-state index in [-0.39, 0.29) is 5.91 Å². The van der Waals surface area contributed by atoms with Gasteiger partial charge < -0.3 is 9.42 Å². The van der Waals surface area contributed by atoms with Gasteiger partial charge in [-0.3, -0.25) is 4.79 Å². The van der Waals surface area contributed by atoms with Gasteiger partial charge in [0, 0.05) is 24.0 Å². The lowest BCUT2D eigenvalue weighted by Gasteiger charge is -2.15. The van der Waals surface area contributed by atoms with E-state index < -0.39 is 0 Å². The van der Waals surface area contributed by atoms with Crippen molar-refractivity contribution in [1.29, 1.82) is 0 Å². The van der Waals surface area contributed by atoms with Crippen LogP contribution in [0.3, 0.4) is 0 Å². The summed E-state index contributed by atoms with van der Waals surface area (Å²) in [5, 5.41) is 4.67. The van der Waals surface area contributed by atoms with Crippen molar-refractivity contribution in [3.8, 4) is 0 Å². The Hall–Kier alpha value is -1.62. The summed E-state index contributed by atoms with van der Waals surface area (Å²) in [5.74, 6) is 0.722. The van der Waals surface area contributed by atoms with E-state index in [1.165, 1.54) is 0 Å². The van der Waals surface area contributed by atoms with E-state index >= 15 is 0 Å². The normalized spacial score (nSPS) is 10.5. The highest BCUT2D eigenvalue weighted by Gasteiger charge is 2.13. The predicted octanol–water partition coefficient (Wildman–Crippen LogP) is 3.15. The first-order valence-electron chi connectivity index (χ1n) is 5.92. The monoisotopic (exact) mass is 322 g/mol. The molecule has 5 heteroatoms. The van der Waals surface area contributed by atoms with Crippen LogP contribution in [0.4, 0.5) is 0 Å². The smallest absolute Gasteiger partial charge is 0.253 e. The number of amides is 1. The van der Waals surface area contributed by atoms with Crippen LogP contribution in [0.5, 0.6) is 0 Å². The Balaban J connectivity index is 2.05. The molecule has 19 heavy (non-hydrogen) atoms. The number of benzene rings is 1. The van der Waals surface area contributed by atoms with Gasteiger partial charge in [0.2, 0.25) is 0 Å². The fourth-order valence-corrected chi connectivity index (χ4v) is 2.14. The number of carbonyl (C=O) groups is 1. The summed E-state index contributed by atoms with van der Waals surface area (Å²) in [6.07, 6.45) is 0. The van der Waals surface area contributed by atoms with E-state index in [0.717, 1.165) is 22.3 Å². The summed E-state index contributed by atoms with van der Waals surface area (Å²) in [7, 11) is 1.75. The minimum absolute atomic E-state index is 0.0261. The molecule has 0 N–H and O–H groups in total. The third-order valence-electron chi connectivity index (χ3n) is 2.78. The Morgan fingerprint density at radius 2 is 2.05 bits per heavy atom. The zero-order valence-electron chi connectivity index (χ0n) is 10.9. The molecule has 0 aliphatic carbocycles. The molecular weight excluding hydrogens is 308 g/mol. The summed E-state index contributed by atoms with van der Waals surface area (Å²) >= 11 is 3.38. The van der Waals surface area contributed by atoms with Crippen molar-refractivity contribution in [3.05, 3.63) is 52.9 Å². The number of aryl methyl sites for hydroxylation is 1. The van der Waals surface area contributed by atoms with E-state index in [2.05, 4.69) is 21.1 Å². The molecule has 2 rings (SSSR count). The maximum absolute atomic E-state index is 12.2. The number of rotatable bonds is 4. The maximum atomic E-state index is 12.2. The van der Waals surface area contributed by atoms with Crippen molar-refractivity contribution in [3.63, 3.8) is 0 Å². The SMILES string of the molecule is Cc1cc(CN(C)C(=O)c2ccc(CBr)cc2)no1. The van der Waals surface area contributed by atoms with Crippen molar-refractivity contribution in [1.82, 2.24) is 10.1 Å². The first kappa shape index (κ1) is 13.8. The van der Waals surface area contributed by atoms with Crippen LogP contribution in [0.2, 0.25) is 0 Å². The van der Waals surface area contributed by atoms with Crippen LogP contribution in [0.15, 0.2) is 34.9 Å². The molecule has 1 amide bonds. The summed E-state index contributed by atoms with van der Waals surface area (Å²) in [5.41, 5.74) is 2.57. The molecular formula is C14H15BrN2O2. The van der Waals surface area contributed by atoms with Crippen molar-refractivity contribution >= 4 is 21.8 Å². The second-order valence-electron chi connectivity index (χ2n) is 4.42. The molecule has 2 aromatic rings. The first-order chi connectivity index (χ1) is 9.10. The van der Waals surface area contributed by atoms with Crippen LogP contribution < -0.4 is 0 Å². The van der Waals surface area contributed by atoms with Gasteiger partial charge in [-0.1, -0.05) is 33.2 Å². The Morgan fingerprint density at radius 3 is 2.58 bits per heavy atom. The van der Waals surface area contributed by atoms with Gasteiger partial charge >= 0.3 is 0 Å². The van der Waals surface area contributed by atoms with Crippen LogP contribution in [0.25, 0.3) is 0 Å². The van der Waals surface area contributed by atoms with Crippen molar-refractivity contribution in [2.75, 3.05) is 7.05 Å². The number of alkyl halides is 1. The first-order valence-corrected chi connectivity index (χ1v) is 7.05. The number of carbonyl (C=O) groups excluding carboxylic acids is 1. The van der Waals surface area contributed by atoms with Gasteiger partial charge in [0.05, 0.1) is 6.54 Å². The number of nitrogens with zero attached hydrogens (tertiary/aromatic N) is 2. The molecule has 4 nitrogen and oxygen atoms in total. The van der Waals surface area contributed by atoms with Crippen LogP contribution in [0.1, 0.15) is 27.4 Å². The molecule has 0 saturated carbocycles. The van der Waals surface area contributed by atoms with Gasteiger partial charge in [-0.05, 0) is 24.6 Å². The molecule has 1 aromatic heterocycles. The Kier molecular flexibility index (Phi) is 4.37. The highest BCUT2D eigenvalue weighted by Crippen LogP contribution is 2.11. The van der Waals surface area contributed by atoms with Crippen molar-refractivity contribution in [2.45, 2.75) is 18.8 Å². The second kappa shape index (κ2) is 6.02. The number of halogens is 1. The quantitative estimate of drug-likeness (QED) is 0.812. The van der Waals surface area contributed by atoms with Gasteiger partial charge in [-0.15, -0.1) is 0 Å². The minimum Gasteiger partial charge on any atom is -0.361 e. The van der Waals surface area contributed by atoms with Crippen LogP contribution >= 0.6 is 15.9 Å². The lowest BCUT2D eigenvalue weighted by atomic mass is 10.1. The van der Waals surface area contributed by atoms with Crippen molar-refractivity contribution in [2.24, 2.45) is 0 Å². The lowest BCUT2D eigenvalue weighted by Crippen LogP contribution is -2.26. The molecule has 0 aliphatic rings. The van der Waals surface area contributed by atoms with Gasteiger partial charge in [0.25, 0.3) is 5.91 Å². The largest absolute Gasteiger partial charge is 0.361 e. The summed E-state index contributed by atoms with van der Waals surface area (Å²) in [6.45, 7) is 2.27. The molecule has 1 heterocycles. The fraction of sp³-hybridized carbons (Fsp3) is 0.286. The van der Waals surface area contributed by atoms with E-state index in [4.69, 9.17) is 4.52 Å². The van der Waals surface area contributed by atoms with Crippen molar-refractivity contribution < 1.29 is 9.32 Å². The average Bonchev–Trinajstić information content (AvgIpc) is 2.83. The highest BCUT2D eigenvalue weighted by molar-refractivity contribution is 9.08. The third kappa shape index (κ3) is 3.44. The van der Waals surface area contributed by atoms with Gasteiger partial charge in [-0.2, -0.15) is 0 Å². The molecule has 0 atom stereocenters. The number of hydrogen-bond donors (Lipinski definition) is 0. The lowest BCUT2D eigenvalue weighted by molar-refractivity contribution is 0.0782. The Bertz CT molecular complexity index is 563. The van der Waals surface area contributed by atoms with Crippen LogP contribution in [-0.4, -0.2) is 23.0 Å². The zero-order valence-corrected chi connectivity index (χ0v) is 12.5. The number of aromatic nitrogens is 1. The Morgan fingerprint density at radius 1 is 1.37 bits per heavy atom. The van der Waals surface area contributed by atoms with Crippen LogP contribution in [-0.2, 0) is 11.9 Å². The summed E-state index contributed by atoms with van der Waals surface area (Å²) in [6, 6.07) is 9.39. The Labute approximate surface area is 120 Å². The van der Waals surface area contributed by atoms with Crippen LogP contribution in [0, 0.1) is 6.92 Å². The molecule has 0 unspecified atom stereocenters. The highest BCUT2D eigenvalue weighted by atomic mass is 79.9. The zero-order chi connectivity index (χ0) is 13.8. The standard InChI is InChI=1S/C14H15BrN2O2/c1-10-7-13(16-19-10)9-17(2)14(18)12-5-3-11(8-15)4-6-12/h3-7H,8-9H2,1-2H3. The molecule has 0 fully saturated rings. The van der Waals surface area contributed by atoms with Gasteiger partial charge in [0.15, 0.2) is 0 Å². The topological polar surface area (TPSA) is 46.3 Å². The fourth-order valence-electron chi connectivity index (χ4n) is 1.76. The molecule has 0 saturated heterocycles. The van der Waals surface area contributed by atoms with E-state index in [1.54, 1.807) is 11.9 Å². The number of hydrogen-bond acceptors (Lipinski definition) is 3. The molecule has 1 aromatic carbocycles. The second-order valence-corrected chi connectivity index (χ2v) is 4.98. The summed E-state index contributed by atoms with van der Waals surface area (Å²) < 4.78 is 4.99. The molecule has 100 valence electrons. The van der Waals surface area contributed by atoms with E-state index in [9.17, 15) is 4.79 Å². The van der Waals surface area contributed by atoms with Gasteiger partial charge in [0.1, 0.15) is 11.5 Å². The van der Waals surface area contributed by atoms with E-state index in [0.29, 0.717) is 12.1 Å². The summed E-state index contributed by atoms with van der Waals surface area (Å²) in [4.78, 5) is 13.8. The predicted molar refractivity (Wildman–Crippen MR) is 76.1 cm³/mol. The molecule has 0 bridgehead atoms. The van der Waals surface area contributed by atoms with Gasteiger partial charge in [-0.25, -0.2) is 0 Å². The molecule has 0 spiro atoms. The molecule has 0 aliphatic heterocycles. The third-order valence-corrected chi connectivity index (χ3v) is 3.43. The van der Waals surface area contributed by atoms with E-state index in [1.807, 2.05) is 37.3 Å². The minimum atomic E-state index is -0.0261. The maximum Gasteiger partial charge on any atom is 0.253 e.